The van der Waals surface area contributed by atoms with Gasteiger partial charge in [-0.05, 0) is 55.4 Å². The van der Waals surface area contributed by atoms with Crippen molar-refractivity contribution in [2.75, 3.05) is 0 Å². The Hall–Kier alpha value is -0.340. The van der Waals surface area contributed by atoms with Crippen LogP contribution >= 0.6 is 11.3 Å². The third-order valence-corrected chi connectivity index (χ3v) is 4.88. The zero-order valence-corrected chi connectivity index (χ0v) is 9.09. The van der Waals surface area contributed by atoms with Crippen molar-refractivity contribution in [3.8, 4) is 0 Å². The Morgan fingerprint density at radius 1 is 1.57 bits per heavy atom. The Morgan fingerprint density at radius 3 is 3.07 bits per heavy atom. The van der Waals surface area contributed by atoms with Crippen LogP contribution in [-0.2, 0) is 6.42 Å². The quantitative estimate of drug-likeness (QED) is 0.810. The Kier molecular flexibility index (Phi) is 1.96. The molecule has 2 saturated carbocycles. The standard InChI is InChI=1S/C12H16OS/c13-12(5-3-9-8-11(9)12)6-4-10-2-1-7-14-10/h1-2,7,9,11,13H,3-6,8H2. The molecule has 1 aromatic heterocycles. The van der Waals surface area contributed by atoms with E-state index in [-0.39, 0.29) is 5.60 Å². The van der Waals surface area contributed by atoms with Crippen LogP contribution in [0.1, 0.15) is 30.6 Å². The van der Waals surface area contributed by atoms with Crippen molar-refractivity contribution in [3.63, 3.8) is 0 Å². The number of thiophene rings is 1. The summed E-state index contributed by atoms with van der Waals surface area (Å²) >= 11 is 1.81. The molecule has 2 aliphatic carbocycles. The first-order valence-electron chi connectivity index (χ1n) is 5.53. The van der Waals surface area contributed by atoms with Crippen LogP contribution in [0.2, 0.25) is 0 Å². The molecule has 0 amide bonds. The summed E-state index contributed by atoms with van der Waals surface area (Å²) in [5.41, 5.74) is -0.297. The molecule has 1 aromatic rings. The zero-order valence-electron chi connectivity index (χ0n) is 8.28. The van der Waals surface area contributed by atoms with Gasteiger partial charge in [-0.2, -0.15) is 0 Å². The highest BCUT2D eigenvalue weighted by Crippen LogP contribution is 2.58. The monoisotopic (exact) mass is 208 g/mol. The van der Waals surface area contributed by atoms with Crippen molar-refractivity contribution in [1.29, 1.82) is 0 Å². The van der Waals surface area contributed by atoms with E-state index >= 15 is 0 Å². The van der Waals surface area contributed by atoms with E-state index in [1.807, 2.05) is 11.3 Å². The van der Waals surface area contributed by atoms with Gasteiger partial charge in [0.05, 0.1) is 5.60 Å². The Labute approximate surface area is 88.8 Å². The van der Waals surface area contributed by atoms with Crippen LogP contribution in [0.5, 0.6) is 0 Å². The normalized spacial score (nSPS) is 39.8. The fraction of sp³-hybridized carbons (Fsp3) is 0.667. The molecule has 0 spiro atoms. The van der Waals surface area contributed by atoms with Gasteiger partial charge in [-0.3, -0.25) is 0 Å². The van der Waals surface area contributed by atoms with Gasteiger partial charge in [-0.15, -0.1) is 11.3 Å². The highest BCUT2D eigenvalue weighted by molar-refractivity contribution is 7.09. The minimum Gasteiger partial charge on any atom is -0.390 e. The minimum absolute atomic E-state index is 0.297. The van der Waals surface area contributed by atoms with E-state index in [4.69, 9.17) is 0 Å². The van der Waals surface area contributed by atoms with Crippen molar-refractivity contribution >= 4 is 11.3 Å². The lowest BCUT2D eigenvalue weighted by molar-refractivity contribution is 0.0169. The zero-order chi connectivity index (χ0) is 9.60. The smallest absolute Gasteiger partial charge is 0.0682 e. The van der Waals surface area contributed by atoms with Gasteiger partial charge in [-0.25, -0.2) is 0 Å². The van der Waals surface area contributed by atoms with Crippen LogP contribution in [0.15, 0.2) is 17.5 Å². The molecule has 0 radical (unpaired) electrons. The van der Waals surface area contributed by atoms with Crippen molar-refractivity contribution in [3.05, 3.63) is 22.4 Å². The van der Waals surface area contributed by atoms with Gasteiger partial charge in [0.2, 0.25) is 0 Å². The number of rotatable bonds is 3. The summed E-state index contributed by atoms with van der Waals surface area (Å²) in [6.07, 6.45) is 5.66. The first-order chi connectivity index (χ1) is 6.78. The molecular formula is C12H16OS. The molecular weight excluding hydrogens is 192 g/mol. The molecule has 76 valence electrons. The first-order valence-corrected chi connectivity index (χ1v) is 6.41. The fourth-order valence-electron chi connectivity index (χ4n) is 2.95. The number of aliphatic hydroxyl groups is 1. The molecule has 3 atom stereocenters. The third kappa shape index (κ3) is 1.41. The number of hydrogen-bond acceptors (Lipinski definition) is 2. The summed E-state index contributed by atoms with van der Waals surface area (Å²) in [4.78, 5) is 1.42. The van der Waals surface area contributed by atoms with Crippen molar-refractivity contribution in [2.24, 2.45) is 11.8 Å². The molecule has 2 fully saturated rings. The molecule has 0 bridgehead atoms. The second-order valence-electron chi connectivity index (χ2n) is 4.82. The highest BCUT2D eigenvalue weighted by atomic mass is 32.1. The lowest BCUT2D eigenvalue weighted by Gasteiger charge is -2.24. The van der Waals surface area contributed by atoms with Gasteiger partial charge in [0.1, 0.15) is 0 Å². The predicted octanol–water partition coefficient (Wildman–Crippen LogP) is 2.84. The van der Waals surface area contributed by atoms with Gasteiger partial charge in [-0.1, -0.05) is 6.07 Å². The largest absolute Gasteiger partial charge is 0.390 e. The summed E-state index contributed by atoms with van der Waals surface area (Å²) in [7, 11) is 0. The third-order valence-electron chi connectivity index (χ3n) is 3.95. The molecule has 2 aliphatic rings. The van der Waals surface area contributed by atoms with Crippen molar-refractivity contribution in [1.82, 2.24) is 0 Å². The lowest BCUT2D eigenvalue weighted by atomic mass is 9.91. The van der Waals surface area contributed by atoms with E-state index in [9.17, 15) is 5.11 Å². The second-order valence-corrected chi connectivity index (χ2v) is 5.86. The summed E-state index contributed by atoms with van der Waals surface area (Å²) < 4.78 is 0. The molecule has 0 aliphatic heterocycles. The van der Waals surface area contributed by atoms with E-state index in [0.717, 1.165) is 25.2 Å². The molecule has 1 N–H and O–H groups in total. The first kappa shape index (κ1) is 8.93. The van der Waals surface area contributed by atoms with Gasteiger partial charge in [0, 0.05) is 4.88 Å². The van der Waals surface area contributed by atoms with Gasteiger partial charge >= 0.3 is 0 Å². The summed E-state index contributed by atoms with van der Waals surface area (Å²) in [5.74, 6) is 1.53. The summed E-state index contributed by atoms with van der Waals surface area (Å²) in [5, 5.41) is 12.5. The van der Waals surface area contributed by atoms with Crippen LogP contribution in [-0.4, -0.2) is 10.7 Å². The maximum absolute atomic E-state index is 10.4. The van der Waals surface area contributed by atoms with Gasteiger partial charge < -0.3 is 5.11 Å². The maximum atomic E-state index is 10.4. The fourth-order valence-corrected chi connectivity index (χ4v) is 3.66. The van der Waals surface area contributed by atoms with Crippen LogP contribution in [0.4, 0.5) is 0 Å². The van der Waals surface area contributed by atoms with Crippen molar-refractivity contribution < 1.29 is 5.11 Å². The SMILES string of the molecule is OC1(CCc2cccs2)CCC2CC21. The lowest BCUT2D eigenvalue weighted by Crippen LogP contribution is -2.29. The average molecular weight is 208 g/mol. The van der Waals surface area contributed by atoms with Crippen LogP contribution < -0.4 is 0 Å². The molecule has 14 heavy (non-hydrogen) atoms. The van der Waals surface area contributed by atoms with Crippen LogP contribution in [0.3, 0.4) is 0 Å². The van der Waals surface area contributed by atoms with Crippen molar-refractivity contribution in [2.45, 2.75) is 37.7 Å². The van der Waals surface area contributed by atoms with Crippen LogP contribution in [0, 0.1) is 11.8 Å². The molecule has 2 heteroatoms. The number of fused-ring (bicyclic) bond motifs is 1. The van der Waals surface area contributed by atoms with Gasteiger partial charge in [0.15, 0.2) is 0 Å². The Bertz CT molecular complexity index is 319. The molecule has 1 nitrogen and oxygen atoms in total. The summed E-state index contributed by atoms with van der Waals surface area (Å²) in [6.45, 7) is 0. The molecule has 3 rings (SSSR count). The highest BCUT2D eigenvalue weighted by Gasteiger charge is 2.56. The van der Waals surface area contributed by atoms with E-state index in [2.05, 4.69) is 17.5 Å². The topological polar surface area (TPSA) is 20.2 Å². The van der Waals surface area contributed by atoms with E-state index in [1.165, 1.54) is 17.7 Å². The molecule has 3 unspecified atom stereocenters. The van der Waals surface area contributed by atoms with E-state index in [0.29, 0.717) is 5.92 Å². The van der Waals surface area contributed by atoms with Gasteiger partial charge in [0.25, 0.3) is 0 Å². The number of aryl methyl sites for hydroxylation is 1. The Morgan fingerprint density at radius 2 is 2.50 bits per heavy atom. The van der Waals surface area contributed by atoms with E-state index in [1.54, 1.807) is 0 Å². The van der Waals surface area contributed by atoms with Crippen LogP contribution in [0.25, 0.3) is 0 Å². The second kappa shape index (κ2) is 3.07. The maximum Gasteiger partial charge on any atom is 0.0682 e. The summed E-state index contributed by atoms with van der Waals surface area (Å²) in [6, 6.07) is 4.27. The molecule has 1 heterocycles. The minimum atomic E-state index is -0.297. The average Bonchev–Trinajstić information content (AvgIpc) is 2.67. The molecule has 0 aromatic carbocycles. The predicted molar refractivity (Wildman–Crippen MR) is 58.4 cm³/mol. The molecule has 0 saturated heterocycles. The Balaban J connectivity index is 1.62. The number of hydrogen-bond donors (Lipinski definition) is 1. The van der Waals surface area contributed by atoms with E-state index < -0.39 is 0 Å².